The molecule has 1 aromatic heterocycles. The molecule has 0 saturated carbocycles. The second-order valence-corrected chi connectivity index (χ2v) is 5.37. The second kappa shape index (κ2) is 6.05. The minimum Gasteiger partial charge on any atom is -0.326 e. The molecule has 0 radical (unpaired) electrons. The number of benzene rings is 1. The Kier molecular flexibility index (Phi) is 3.97. The number of piperidine rings is 1. The lowest BCUT2D eigenvalue weighted by atomic mass is 10.1. The molecule has 0 bridgehead atoms. The van der Waals surface area contributed by atoms with Gasteiger partial charge in [-0.1, -0.05) is 6.42 Å². The van der Waals surface area contributed by atoms with Gasteiger partial charge in [0, 0.05) is 24.0 Å². The number of H-pyrrole nitrogens is 1. The third kappa shape index (κ3) is 3.17. The molecule has 0 atom stereocenters. The summed E-state index contributed by atoms with van der Waals surface area (Å²) in [6, 6.07) is 5.78. The zero-order valence-corrected chi connectivity index (χ0v) is 11.6. The molecule has 1 saturated heterocycles. The van der Waals surface area contributed by atoms with Crippen LogP contribution in [-0.4, -0.2) is 40.6 Å². The smallest absolute Gasteiger partial charge is 0.225 e. The van der Waals surface area contributed by atoms with Gasteiger partial charge in [-0.2, -0.15) is 5.10 Å². The van der Waals surface area contributed by atoms with E-state index in [0.717, 1.165) is 36.2 Å². The summed E-state index contributed by atoms with van der Waals surface area (Å²) in [4.78, 5) is 14.3. The first kappa shape index (κ1) is 13.1. The van der Waals surface area contributed by atoms with Crippen molar-refractivity contribution in [1.82, 2.24) is 15.1 Å². The number of carbonyl (C=O) groups excluding carboxylic acids is 1. The summed E-state index contributed by atoms with van der Waals surface area (Å²) in [6.45, 7) is 3.13. The molecule has 2 aromatic rings. The van der Waals surface area contributed by atoms with Crippen LogP contribution >= 0.6 is 0 Å². The van der Waals surface area contributed by atoms with E-state index in [1.165, 1.54) is 19.3 Å². The predicted octanol–water partition coefficient (Wildman–Crippen LogP) is 2.38. The first-order chi connectivity index (χ1) is 9.81. The molecule has 1 aliphatic rings. The zero-order chi connectivity index (χ0) is 13.8. The molecule has 1 fully saturated rings. The fourth-order valence-corrected chi connectivity index (χ4v) is 2.69. The highest BCUT2D eigenvalue weighted by atomic mass is 16.1. The molecule has 106 valence electrons. The van der Waals surface area contributed by atoms with E-state index in [1.54, 1.807) is 6.20 Å². The number of nitrogens with one attached hydrogen (secondary N) is 2. The summed E-state index contributed by atoms with van der Waals surface area (Å²) in [5.74, 6) is 0.0819. The first-order valence-electron chi connectivity index (χ1n) is 7.26. The largest absolute Gasteiger partial charge is 0.326 e. The van der Waals surface area contributed by atoms with Crippen molar-refractivity contribution in [2.24, 2.45) is 0 Å². The summed E-state index contributed by atoms with van der Waals surface area (Å²) in [5, 5.41) is 10.8. The molecule has 0 unspecified atom stereocenters. The van der Waals surface area contributed by atoms with Crippen LogP contribution in [-0.2, 0) is 4.79 Å². The number of likely N-dealkylation sites (tertiary alicyclic amines) is 1. The second-order valence-electron chi connectivity index (χ2n) is 5.37. The topological polar surface area (TPSA) is 61.0 Å². The van der Waals surface area contributed by atoms with Crippen LogP contribution in [0.4, 0.5) is 5.69 Å². The van der Waals surface area contributed by atoms with E-state index in [2.05, 4.69) is 20.4 Å². The molecule has 2 heterocycles. The minimum atomic E-state index is 0.0819. The zero-order valence-electron chi connectivity index (χ0n) is 11.6. The number of hydrogen-bond acceptors (Lipinski definition) is 3. The van der Waals surface area contributed by atoms with Gasteiger partial charge in [-0.05, 0) is 44.1 Å². The van der Waals surface area contributed by atoms with E-state index in [4.69, 9.17) is 0 Å². The molecule has 2 N–H and O–H groups in total. The van der Waals surface area contributed by atoms with Gasteiger partial charge in [-0.25, -0.2) is 0 Å². The number of aromatic nitrogens is 2. The predicted molar refractivity (Wildman–Crippen MR) is 79.6 cm³/mol. The molecule has 1 aromatic carbocycles. The van der Waals surface area contributed by atoms with Gasteiger partial charge in [-0.15, -0.1) is 0 Å². The molecule has 0 aliphatic carbocycles. The monoisotopic (exact) mass is 272 g/mol. The third-order valence-corrected chi connectivity index (χ3v) is 3.83. The Bertz CT molecular complexity index is 586. The van der Waals surface area contributed by atoms with Crippen molar-refractivity contribution in [2.45, 2.75) is 25.7 Å². The third-order valence-electron chi connectivity index (χ3n) is 3.83. The van der Waals surface area contributed by atoms with Crippen molar-refractivity contribution in [3.63, 3.8) is 0 Å². The van der Waals surface area contributed by atoms with Gasteiger partial charge in [0.25, 0.3) is 0 Å². The number of carbonyl (C=O) groups is 1. The lowest BCUT2D eigenvalue weighted by Crippen LogP contribution is -2.32. The fourth-order valence-electron chi connectivity index (χ4n) is 2.69. The van der Waals surface area contributed by atoms with Gasteiger partial charge < -0.3 is 10.2 Å². The Morgan fingerprint density at radius 3 is 3.00 bits per heavy atom. The van der Waals surface area contributed by atoms with Crippen LogP contribution in [0.5, 0.6) is 0 Å². The first-order valence-corrected chi connectivity index (χ1v) is 7.26. The van der Waals surface area contributed by atoms with E-state index in [0.29, 0.717) is 6.42 Å². The van der Waals surface area contributed by atoms with Crippen LogP contribution in [0.2, 0.25) is 0 Å². The normalized spacial score (nSPS) is 16.4. The maximum Gasteiger partial charge on any atom is 0.225 e. The molecule has 5 nitrogen and oxygen atoms in total. The van der Waals surface area contributed by atoms with Gasteiger partial charge in [0.2, 0.25) is 5.91 Å². The number of hydrogen-bond donors (Lipinski definition) is 2. The number of aromatic amines is 1. The maximum absolute atomic E-state index is 12.0. The van der Waals surface area contributed by atoms with E-state index in [9.17, 15) is 4.79 Å². The number of amides is 1. The van der Waals surface area contributed by atoms with Crippen molar-refractivity contribution >= 4 is 22.5 Å². The van der Waals surface area contributed by atoms with Crippen LogP contribution in [0.1, 0.15) is 25.7 Å². The minimum absolute atomic E-state index is 0.0819. The molecule has 0 spiro atoms. The Hall–Kier alpha value is -1.88. The average Bonchev–Trinajstić information content (AvgIpc) is 2.94. The SMILES string of the molecule is O=C(CCN1CCCCC1)Nc1ccc2[nH]ncc2c1. The Labute approximate surface area is 118 Å². The van der Waals surface area contributed by atoms with Gasteiger partial charge in [0.05, 0.1) is 11.7 Å². The van der Waals surface area contributed by atoms with E-state index in [-0.39, 0.29) is 5.91 Å². The lowest BCUT2D eigenvalue weighted by Gasteiger charge is -2.25. The van der Waals surface area contributed by atoms with Gasteiger partial charge in [0.15, 0.2) is 0 Å². The highest BCUT2D eigenvalue weighted by molar-refractivity contribution is 5.93. The van der Waals surface area contributed by atoms with E-state index >= 15 is 0 Å². The highest BCUT2D eigenvalue weighted by Crippen LogP contribution is 2.17. The lowest BCUT2D eigenvalue weighted by molar-refractivity contribution is -0.116. The average molecular weight is 272 g/mol. The summed E-state index contributed by atoms with van der Waals surface area (Å²) >= 11 is 0. The standard InChI is InChI=1S/C15H20N4O/c20-15(6-9-19-7-2-1-3-8-19)17-13-4-5-14-12(10-13)11-16-18-14/h4-5,10-11H,1-3,6-9H2,(H,16,18)(H,17,20). The molecule has 20 heavy (non-hydrogen) atoms. The Morgan fingerprint density at radius 2 is 2.15 bits per heavy atom. The summed E-state index contributed by atoms with van der Waals surface area (Å²) in [5.41, 5.74) is 1.82. The summed E-state index contributed by atoms with van der Waals surface area (Å²) in [6.07, 6.45) is 6.17. The van der Waals surface area contributed by atoms with E-state index < -0.39 is 0 Å². The fraction of sp³-hybridized carbons (Fsp3) is 0.467. The van der Waals surface area contributed by atoms with Gasteiger partial charge in [-0.3, -0.25) is 9.89 Å². The van der Waals surface area contributed by atoms with Gasteiger partial charge >= 0.3 is 0 Å². The molecule has 3 rings (SSSR count). The van der Waals surface area contributed by atoms with E-state index in [1.807, 2.05) is 18.2 Å². The summed E-state index contributed by atoms with van der Waals surface area (Å²) < 4.78 is 0. The molecular formula is C15H20N4O. The highest BCUT2D eigenvalue weighted by Gasteiger charge is 2.11. The Balaban J connectivity index is 1.52. The molecule has 1 aliphatic heterocycles. The van der Waals surface area contributed by atoms with Crippen LogP contribution in [0.15, 0.2) is 24.4 Å². The van der Waals surface area contributed by atoms with Crippen molar-refractivity contribution in [3.8, 4) is 0 Å². The number of nitrogens with zero attached hydrogens (tertiary/aromatic N) is 2. The van der Waals surface area contributed by atoms with Crippen molar-refractivity contribution in [1.29, 1.82) is 0 Å². The molecular weight excluding hydrogens is 252 g/mol. The molecule has 5 heteroatoms. The van der Waals surface area contributed by atoms with Crippen molar-refractivity contribution < 1.29 is 4.79 Å². The van der Waals surface area contributed by atoms with Crippen molar-refractivity contribution in [3.05, 3.63) is 24.4 Å². The number of fused-ring (bicyclic) bond motifs is 1. The van der Waals surface area contributed by atoms with Crippen LogP contribution in [0, 0.1) is 0 Å². The van der Waals surface area contributed by atoms with Crippen LogP contribution < -0.4 is 5.32 Å². The number of anilines is 1. The number of rotatable bonds is 4. The van der Waals surface area contributed by atoms with Gasteiger partial charge in [0.1, 0.15) is 0 Å². The van der Waals surface area contributed by atoms with Crippen molar-refractivity contribution in [2.75, 3.05) is 25.0 Å². The van der Waals surface area contributed by atoms with Crippen LogP contribution in [0.3, 0.4) is 0 Å². The maximum atomic E-state index is 12.0. The Morgan fingerprint density at radius 1 is 1.30 bits per heavy atom. The summed E-state index contributed by atoms with van der Waals surface area (Å²) in [7, 11) is 0. The quantitative estimate of drug-likeness (QED) is 0.898. The van der Waals surface area contributed by atoms with Crippen LogP contribution in [0.25, 0.3) is 10.9 Å². The molecule has 1 amide bonds.